The summed E-state index contributed by atoms with van der Waals surface area (Å²) < 4.78 is 5.01. The van der Waals surface area contributed by atoms with E-state index in [1.54, 1.807) is 6.20 Å². The Morgan fingerprint density at radius 2 is 1.79 bits per heavy atom. The largest absolute Gasteiger partial charge is 0.379 e. The van der Waals surface area contributed by atoms with E-state index in [2.05, 4.69) is 15.3 Å². The minimum Gasteiger partial charge on any atom is -0.379 e. The van der Waals surface area contributed by atoms with Gasteiger partial charge in [0.25, 0.3) is 0 Å². The molecule has 1 aromatic heterocycles. The molecule has 2 aromatic rings. The summed E-state index contributed by atoms with van der Waals surface area (Å²) in [7, 11) is 0. The first-order chi connectivity index (χ1) is 9.36. The molecule has 1 saturated heterocycles. The van der Waals surface area contributed by atoms with Crippen LogP contribution in [0.15, 0.2) is 42.6 Å². The standard InChI is InChI=1S/C10H9N3.C4H9NO/c11-10-12-7-6-9(13-10)8-4-2-1-3-5-8;1-3-6-4-2-5-1/h1-7H,(H2,11,12,13);5H,1-4H2. The number of ether oxygens (including phenoxy) is 1. The zero-order valence-electron chi connectivity index (χ0n) is 10.7. The van der Waals surface area contributed by atoms with Crippen molar-refractivity contribution in [3.63, 3.8) is 0 Å². The number of aromatic nitrogens is 2. The Bertz CT molecular complexity index is 474. The SMILES string of the molecule is C1COCCN1.Nc1nccc(-c2ccccc2)n1. The van der Waals surface area contributed by atoms with E-state index >= 15 is 0 Å². The summed E-state index contributed by atoms with van der Waals surface area (Å²) in [6.45, 7) is 3.83. The number of morpholine rings is 1. The van der Waals surface area contributed by atoms with Crippen molar-refractivity contribution in [1.82, 2.24) is 15.3 Å². The Morgan fingerprint density at radius 1 is 1.05 bits per heavy atom. The fourth-order valence-electron chi connectivity index (χ4n) is 1.66. The maximum absolute atomic E-state index is 5.47. The molecule has 100 valence electrons. The van der Waals surface area contributed by atoms with Crippen molar-refractivity contribution in [1.29, 1.82) is 0 Å². The molecule has 1 aliphatic heterocycles. The summed E-state index contributed by atoms with van der Waals surface area (Å²) in [5.41, 5.74) is 7.38. The highest BCUT2D eigenvalue weighted by molar-refractivity contribution is 5.59. The van der Waals surface area contributed by atoms with Crippen LogP contribution in [-0.4, -0.2) is 36.3 Å². The van der Waals surface area contributed by atoms with Gasteiger partial charge < -0.3 is 15.8 Å². The lowest BCUT2D eigenvalue weighted by Crippen LogP contribution is -2.30. The van der Waals surface area contributed by atoms with E-state index in [0.29, 0.717) is 5.95 Å². The number of nitrogens with one attached hydrogen (secondary N) is 1. The third-order valence-corrected chi connectivity index (χ3v) is 2.59. The van der Waals surface area contributed by atoms with Gasteiger partial charge in [-0.3, -0.25) is 0 Å². The molecule has 5 nitrogen and oxygen atoms in total. The van der Waals surface area contributed by atoms with Gasteiger partial charge >= 0.3 is 0 Å². The molecule has 3 N–H and O–H groups in total. The number of hydrogen-bond donors (Lipinski definition) is 2. The highest BCUT2D eigenvalue weighted by Gasteiger charge is 1.97. The van der Waals surface area contributed by atoms with Crippen LogP contribution >= 0.6 is 0 Å². The van der Waals surface area contributed by atoms with Gasteiger partial charge in [0.05, 0.1) is 18.9 Å². The van der Waals surface area contributed by atoms with Crippen LogP contribution in [0, 0.1) is 0 Å². The molecule has 0 atom stereocenters. The molecule has 1 aromatic carbocycles. The van der Waals surface area contributed by atoms with Crippen molar-refractivity contribution in [2.45, 2.75) is 0 Å². The molecule has 0 spiro atoms. The lowest BCUT2D eigenvalue weighted by Gasteiger charge is -2.10. The van der Waals surface area contributed by atoms with Crippen molar-refractivity contribution >= 4 is 5.95 Å². The molecule has 0 aliphatic carbocycles. The van der Waals surface area contributed by atoms with Crippen LogP contribution in [0.25, 0.3) is 11.3 Å². The highest BCUT2D eigenvalue weighted by Crippen LogP contribution is 2.15. The number of rotatable bonds is 1. The zero-order valence-corrected chi connectivity index (χ0v) is 10.7. The number of nitrogen functional groups attached to an aromatic ring is 1. The van der Waals surface area contributed by atoms with Crippen molar-refractivity contribution in [2.24, 2.45) is 0 Å². The molecule has 0 bridgehead atoms. The molecular formula is C14H18N4O. The number of anilines is 1. The molecule has 5 heteroatoms. The van der Waals surface area contributed by atoms with Crippen molar-refractivity contribution < 1.29 is 4.74 Å². The van der Waals surface area contributed by atoms with E-state index in [9.17, 15) is 0 Å². The highest BCUT2D eigenvalue weighted by atomic mass is 16.5. The van der Waals surface area contributed by atoms with E-state index in [1.165, 1.54) is 0 Å². The van der Waals surface area contributed by atoms with Crippen LogP contribution in [0.4, 0.5) is 5.95 Å². The van der Waals surface area contributed by atoms with Crippen LogP contribution in [0.1, 0.15) is 0 Å². The smallest absolute Gasteiger partial charge is 0.220 e. The molecule has 1 fully saturated rings. The van der Waals surface area contributed by atoms with Gasteiger partial charge in [-0.05, 0) is 6.07 Å². The summed E-state index contributed by atoms with van der Waals surface area (Å²) in [6, 6.07) is 11.7. The van der Waals surface area contributed by atoms with Gasteiger partial charge in [0.2, 0.25) is 5.95 Å². The Hall–Kier alpha value is -1.98. The maximum Gasteiger partial charge on any atom is 0.220 e. The molecule has 1 aliphatic rings. The maximum atomic E-state index is 5.47. The molecule has 2 heterocycles. The summed E-state index contributed by atoms with van der Waals surface area (Å²) in [5, 5.41) is 3.16. The molecule has 0 radical (unpaired) electrons. The predicted octanol–water partition coefficient (Wildman–Crippen LogP) is 1.33. The first-order valence-corrected chi connectivity index (χ1v) is 6.28. The zero-order chi connectivity index (χ0) is 13.3. The number of hydrogen-bond acceptors (Lipinski definition) is 5. The van der Waals surface area contributed by atoms with Crippen LogP contribution in [0.3, 0.4) is 0 Å². The molecule has 3 rings (SSSR count). The van der Waals surface area contributed by atoms with E-state index in [4.69, 9.17) is 10.5 Å². The van der Waals surface area contributed by atoms with Crippen molar-refractivity contribution in [2.75, 3.05) is 32.0 Å². The van der Waals surface area contributed by atoms with E-state index in [1.807, 2.05) is 36.4 Å². The van der Waals surface area contributed by atoms with Gasteiger partial charge in [-0.15, -0.1) is 0 Å². The van der Waals surface area contributed by atoms with Crippen LogP contribution in [0.5, 0.6) is 0 Å². The average molecular weight is 258 g/mol. The minimum absolute atomic E-state index is 0.307. The van der Waals surface area contributed by atoms with Crippen LogP contribution in [0.2, 0.25) is 0 Å². The molecular weight excluding hydrogens is 240 g/mol. The van der Waals surface area contributed by atoms with Gasteiger partial charge in [0, 0.05) is 24.8 Å². The third kappa shape index (κ3) is 4.65. The Kier molecular flexibility index (Phi) is 5.28. The monoisotopic (exact) mass is 258 g/mol. The minimum atomic E-state index is 0.307. The first kappa shape index (κ1) is 13.5. The molecule has 0 unspecified atom stereocenters. The fraction of sp³-hybridized carbons (Fsp3) is 0.286. The van der Waals surface area contributed by atoms with Gasteiger partial charge in [-0.2, -0.15) is 0 Å². The van der Waals surface area contributed by atoms with Gasteiger partial charge in [-0.25, -0.2) is 9.97 Å². The molecule has 19 heavy (non-hydrogen) atoms. The molecule has 0 saturated carbocycles. The lowest BCUT2D eigenvalue weighted by atomic mass is 10.1. The van der Waals surface area contributed by atoms with Gasteiger partial charge in [0.15, 0.2) is 0 Å². The second kappa shape index (κ2) is 7.45. The normalized spacial score (nSPS) is 14.3. The second-order valence-corrected chi connectivity index (χ2v) is 4.03. The van der Waals surface area contributed by atoms with E-state index < -0.39 is 0 Å². The molecule has 0 amide bonds. The Morgan fingerprint density at radius 3 is 2.32 bits per heavy atom. The first-order valence-electron chi connectivity index (χ1n) is 6.28. The average Bonchev–Trinajstić information content (AvgIpc) is 2.51. The summed E-state index contributed by atoms with van der Waals surface area (Å²) in [6.07, 6.45) is 1.66. The van der Waals surface area contributed by atoms with Crippen LogP contribution in [-0.2, 0) is 4.74 Å². The predicted molar refractivity (Wildman–Crippen MR) is 75.6 cm³/mol. The summed E-state index contributed by atoms with van der Waals surface area (Å²) >= 11 is 0. The van der Waals surface area contributed by atoms with E-state index in [0.717, 1.165) is 37.6 Å². The lowest BCUT2D eigenvalue weighted by molar-refractivity contribution is 0.109. The second-order valence-electron chi connectivity index (χ2n) is 4.03. The summed E-state index contributed by atoms with van der Waals surface area (Å²) in [5.74, 6) is 0.307. The fourth-order valence-corrected chi connectivity index (χ4v) is 1.66. The van der Waals surface area contributed by atoms with Crippen molar-refractivity contribution in [3.8, 4) is 11.3 Å². The van der Waals surface area contributed by atoms with Gasteiger partial charge in [0.1, 0.15) is 0 Å². The third-order valence-electron chi connectivity index (χ3n) is 2.59. The van der Waals surface area contributed by atoms with Gasteiger partial charge in [-0.1, -0.05) is 30.3 Å². The van der Waals surface area contributed by atoms with Crippen LogP contribution < -0.4 is 11.1 Å². The Balaban J connectivity index is 0.000000186. The van der Waals surface area contributed by atoms with E-state index in [-0.39, 0.29) is 0 Å². The number of benzene rings is 1. The summed E-state index contributed by atoms with van der Waals surface area (Å²) in [4.78, 5) is 7.94. The Labute approximate surface area is 112 Å². The number of nitrogens with zero attached hydrogens (tertiary/aromatic N) is 2. The van der Waals surface area contributed by atoms with Crippen molar-refractivity contribution in [3.05, 3.63) is 42.6 Å². The number of nitrogens with two attached hydrogens (primary N) is 1. The quantitative estimate of drug-likeness (QED) is 0.807. The topological polar surface area (TPSA) is 73.1 Å².